The van der Waals surface area contributed by atoms with Crippen LogP contribution in [0, 0.1) is 6.92 Å². The molecule has 6 nitrogen and oxygen atoms in total. The summed E-state index contributed by atoms with van der Waals surface area (Å²) >= 11 is 6.10. The van der Waals surface area contributed by atoms with E-state index in [1.807, 2.05) is 25.1 Å². The summed E-state index contributed by atoms with van der Waals surface area (Å²) in [7, 11) is 0. The summed E-state index contributed by atoms with van der Waals surface area (Å²) < 4.78 is 0. The largest absolute Gasteiger partial charge is 0.338 e. The Morgan fingerprint density at radius 2 is 1.70 bits per heavy atom. The van der Waals surface area contributed by atoms with E-state index in [0.29, 0.717) is 22.1 Å². The third kappa shape index (κ3) is 4.48. The number of nitrogens with zero attached hydrogens (tertiary/aromatic N) is 2. The number of carbonyl (C=O) groups is 2. The molecular weight excluding hydrogens is 364 g/mol. The molecule has 1 heterocycles. The maximum absolute atomic E-state index is 12.3. The zero-order valence-electron chi connectivity index (χ0n) is 14.8. The number of benzene rings is 2. The maximum atomic E-state index is 12.3. The lowest BCUT2D eigenvalue weighted by molar-refractivity contribution is 0.101. The third-order valence-electron chi connectivity index (χ3n) is 3.98. The lowest BCUT2D eigenvalue weighted by Gasteiger charge is -2.10. The second kappa shape index (κ2) is 7.97. The Bertz CT molecular complexity index is 986. The van der Waals surface area contributed by atoms with E-state index in [9.17, 15) is 9.59 Å². The number of hydrogen-bond acceptors (Lipinski definition) is 5. The van der Waals surface area contributed by atoms with E-state index in [4.69, 9.17) is 11.6 Å². The van der Waals surface area contributed by atoms with Crippen LogP contribution in [0.4, 0.5) is 17.2 Å². The molecule has 0 saturated carbocycles. The number of ketones is 1. The van der Waals surface area contributed by atoms with Crippen molar-refractivity contribution in [1.29, 1.82) is 0 Å². The van der Waals surface area contributed by atoms with Gasteiger partial charge in [0.25, 0.3) is 5.91 Å². The number of halogens is 1. The monoisotopic (exact) mass is 380 g/mol. The highest BCUT2D eigenvalue weighted by Gasteiger charge is 2.10. The number of aromatic nitrogens is 2. The molecule has 7 heteroatoms. The van der Waals surface area contributed by atoms with Crippen LogP contribution in [0.5, 0.6) is 0 Å². The van der Waals surface area contributed by atoms with E-state index < -0.39 is 0 Å². The fourth-order valence-corrected chi connectivity index (χ4v) is 2.56. The molecule has 2 N–H and O–H groups in total. The van der Waals surface area contributed by atoms with Gasteiger partial charge in [0, 0.05) is 22.0 Å². The van der Waals surface area contributed by atoms with Crippen molar-refractivity contribution in [3.05, 3.63) is 76.4 Å². The minimum atomic E-state index is -0.386. The van der Waals surface area contributed by atoms with Gasteiger partial charge in [-0.05, 0) is 67.9 Å². The standard InChI is InChI=1S/C20H17ClN4O2/c1-12-16(21)4-3-5-17(12)23-19-11-10-18(24-25-19)20(27)22-15-8-6-14(7-9-15)13(2)26/h3-11H,1-2H3,(H,22,27)(H,23,25). The van der Waals surface area contributed by atoms with Crippen molar-refractivity contribution in [3.63, 3.8) is 0 Å². The van der Waals surface area contributed by atoms with Crippen LogP contribution in [-0.4, -0.2) is 21.9 Å². The number of rotatable bonds is 5. The molecule has 0 fully saturated rings. The first kappa shape index (κ1) is 18.5. The second-order valence-electron chi connectivity index (χ2n) is 5.93. The van der Waals surface area contributed by atoms with Crippen LogP contribution in [0.1, 0.15) is 33.3 Å². The summed E-state index contributed by atoms with van der Waals surface area (Å²) in [5.41, 5.74) is 3.05. The molecule has 0 aliphatic carbocycles. The summed E-state index contributed by atoms with van der Waals surface area (Å²) in [6.07, 6.45) is 0. The smallest absolute Gasteiger partial charge is 0.276 e. The number of carbonyl (C=O) groups excluding carboxylic acids is 2. The summed E-state index contributed by atoms with van der Waals surface area (Å²) in [5, 5.41) is 14.5. The fourth-order valence-electron chi connectivity index (χ4n) is 2.38. The normalized spacial score (nSPS) is 10.3. The highest BCUT2D eigenvalue weighted by molar-refractivity contribution is 6.31. The van der Waals surface area contributed by atoms with Crippen molar-refractivity contribution in [1.82, 2.24) is 10.2 Å². The van der Waals surface area contributed by atoms with E-state index in [1.165, 1.54) is 6.92 Å². The highest BCUT2D eigenvalue weighted by Crippen LogP contribution is 2.25. The van der Waals surface area contributed by atoms with Gasteiger partial charge in [0.2, 0.25) is 0 Å². The van der Waals surface area contributed by atoms with Crippen molar-refractivity contribution in [3.8, 4) is 0 Å². The molecule has 1 amide bonds. The average Bonchev–Trinajstić information content (AvgIpc) is 2.66. The third-order valence-corrected chi connectivity index (χ3v) is 4.39. The first-order chi connectivity index (χ1) is 12.9. The van der Waals surface area contributed by atoms with Gasteiger partial charge in [-0.25, -0.2) is 0 Å². The van der Waals surface area contributed by atoms with E-state index >= 15 is 0 Å². The Morgan fingerprint density at radius 1 is 0.963 bits per heavy atom. The maximum Gasteiger partial charge on any atom is 0.276 e. The molecule has 0 unspecified atom stereocenters. The molecule has 0 atom stereocenters. The number of hydrogen-bond donors (Lipinski definition) is 2. The zero-order valence-corrected chi connectivity index (χ0v) is 15.5. The fraction of sp³-hybridized carbons (Fsp3) is 0.100. The SMILES string of the molecule is CC(=O)c1ccc(NC(=O)c2ccc(Nc3cccc(Cl)c3C)nn2)cc1. The molecule has 3 aromatic rings. The quantitative estimate of drug-likeness (QED) is 0.630. The Hall–Kier alpha value is -3.25. The second-order valence-corrected chi connectivity index (χ2v) is 6.34. The van der Waals surface area contributed by atoms with Gasteiger partial charge in [0.1, 0.15) is 0 Å². The topological polar surface area (TPSA) is 84.0 Å². The van der Waals surface area contributed by atoms with E-state index in [2.05, 4.69) is 20.8 Å². The van der Waals surface area contributed by atoms with Gasteiger partial charge in [-0.3, -0.25) is 9.59 Å². The Labute approximate surface area is 161 Å². The first-order valence-corrected chi connectivity index (χ1v) is 8.60. The predicted molar refractivity (Wildman–Crippen MR) is 106 cm³/mol. The van der Waals surface area contributed by atoms with Crippen LogP contribution in [0.25, 0.3) is 0 Å². The van der Waals surface area contributed by atoms with Crippen LogP contribution >= 0.6 is 11.6 Å². The number of Topliss-reactive ketones (excluding diaryl/α,β-unsaturated/α-hetero) is 1. The minimum Gasteiger partial charge on any atom is -0.338 e. The molecule has 0 spiro atoms. The number of anilines is 3. The summed E-state index contributed by atoms with van der Waals surface area (Å²) in [4.78, 5) is 23.6. The van der Waals surface area contributed by atoms with E-state index in [1.54, 1.807) is 36.4 Å². The Balaban J connectivity index is 1.68. The zero-order chi connectivity index (χ0) is 19.4. The van der Waals surface area contributed by atoms with Crippen molar-refractivity contribution >= 4 is 40.5 Å². The molecule has 136 valence electrons. The highest BCUT2D eigenvalue weighted by atomic mass is 35.5. The van der Waals surface area contributed by atoms with Gasteiger partial charge >= 0.3 is 0 Å². The number of nitrogens with one attached hydrogen (secondary N) is 2. The van der Waals surface area contributed by atoms with Gasteiger partial charge in [-0.15, -0.1) is 10.2 Å². The molecule has 0 saturated heterocycles. The van der Waals surface area contributed by atoms with Crippen LogP contribution < -0.4 is 10.6 Å². The van der Waals surface area contributed by atoms with E-state index in [0.717, 1.165) is 11.3 Å². The molecule has 0 aliphatic rings. The van der Waals surface area contributed by atoms with Gasteiger partial charge in [-0.1, -0.05) is 17.7 Å². The van der Waals surface area contributed by atoms with Crippen LogP contribution in [0.2, 0.25) is 5.02 Å². The van der Waals surface area contributed by atoms with Crippen molar-refractivity contribution in [2.75, 3.05) is 10.6 Å². The molecular formula is C20H17ClN4O2. The lowest BCUT2D eigenvalue weighted by Crippen LogP contribution is -2.14. The van der Waals surface area contributed by atoms with Crippen LogP contribution in [0.3, 0.4) is 0 Å². The molecule has 0 aliphatic heterocycles. The first-order valence-electron chi connectivity index (χ1n) is 8.22. The lowest BCUT2D eigenvalue weighted by atomic mass is 10.1. The predicted octanol–water partition coefficient (Wildman–Crippen LogP) is 4.64. The molecule has 0 bridgehead atoms. The minimum absolute atomic E-state index is 0.0308. The van der Waals surface area contributed by atoms with Gasteiger partial charge in [0.15, 0.2) is 17.3 Å². The molecule has 3 rings (SSSR count). The molecule has 27 heavy (non-hydrogen) atoms. The van der Waals surface area contributed by atoms with Crippen LogP contribution in [0.15, 0.2) is 54.6 Å². The molecule has 1 aromatic heterocycles. The van der Waals surface area contributed by atoms with Gasteiger partial charge in [-0.2, -0.15) is 0 Å². The summed E-state index contributed by atoms with van der Waals surface area (Å²) in [6.45, 7) is 3.39. The summed E-state index contributed by atoms with van der Waals surface area (Å²) in [6, 6.07) is 15.4. The van der Waals surface area contributed by atoms with Crippen molar-refractivity contribution < 1.29 is 9.59 Å². The van der Waals surface area contributed by atoms with Gasteiger partial charge < -0.3 is 10.6 Å². The molecule has 0 radical (unpaired) electrons. The Kier molecular flexibility index (Phi) is 5.47. The van der Waals surface area contributed by atoms with Crippen molar-refractivity contribution in [2.24, 2.45) is 0 Å². The van der Waals surface area contributed by atoms with Crippen LogP contribution in [-0.2, 0) is 0 Å². The summed E-state index contributed by atoms with van der Waals surface area (Å²) in [5.74, 6) is 0.0862. The van der Waals surface area contributed by atoms with Crippen molar-refractivity contribution in [2.45, 2.75) is 13.8 Å². The average molecular weight is 381 g/mol. The van der Waals surface area contributed by atoms with E-state index in [-0.39, 0.29) is 17.4 Å². The Morgan fingerprint density at radius 3 is 2.33 bits per heavy atom. The number of amides is 1. The molecule has 2 aromatic carbocycles. The van der Waals surface area contributed by atoms with Gasteiger partial charge in [0.05, 0.1) is 0 Å².